The second-order valence-electron chi connectivity index (χ2n) is 5.96. The minimum Gasteiger partial charge on any atom is -0.273 e. The Kier molecular flexibility index (Phi) is 3.08. The van der Waals surface area contributed by atoms with Crippen molar-refractivity contribution in [3.63, 3.8) is 0 Å². The number of benzene rings is 1. The number of allylic oxidation sites excluding steroid dienone is 1. The number of rotatable bonds is 2. The van der Waals surface area contributed by atoms with E-state index in [1.165, 1.54) is 16.7 Å². The Balaban J connectivity index is 1.81. The first-order valence-electron chi connectivity index (χ1n) is 7.72. The summed E-state index contributed by atoms with van der Waals surface area (Å²) in [5, 5.41) is 9.00. The van der Waals surface area contributed by atoms with E-state index in [4.69, 9.17) is 5.10 Å². The van der Waals surface area contributed by atoms with E-state index in [9.17, 15) is 0 Å². The Bertz CT molecular complexity index is 856. The number of hydrogen-bond donors (Lipinski definition) is 0. The van der Waals surface area contributed by atoms with Crippen LogP contribution in [0, 0.1) is 13.8 Å². The van der Waals surface area contributed by atoms with Crippen molar-refractivity contribution in [2.24, 2.45) is 12.0 Å². The molecule has 2 aromatic rings. The number of fused-ring (bicyclic) bond motifs is 1. The number of anilines is 1. The molecular formula is C18H19N5. The van der Waals surface area contributed by atoms with Gasteiger partial charge in [-0.05, 0) is 37.6 Å². The molecule has 0 bridgehead atoms. The summed E-state index contributed by atoms with van der Waals surface area (Å²) in [7, 11) is 1.97. The zero-order valence-corrected chi connectivity index (χ0v) is 13.6. The van der Waals surface area contributed by atoms with Crippen molar-refractivity contribution in [3.05, 3.63) is 59.7 Å². The molecule has 0 saturated heterocycles. The van der Waals surface area contributed by atoms with Crippen molar-refractivity contribution in [2.75, 3.05) is 11.6 Å². The second-order valence-corrected chi connectivity index (χ2v) is 5.96. The van der Waals surface area contributed by atoms with Gasteiger partial charge >= 0.3 is 0 Å². The van der Waals surface area contributed by atoms with Gasteiger partial charge < -0.3 is 0 Å². The van der Waals surface area contributed by atoms with Crippen LogP contribution in [0.4, 0.5) is 5.69 Å². The molecule has 2 aliphatic heterocycles. The fourth-order valence-electron chi connectivity index (χ4n) is 3.04. The number of hydrogen-bond acceptors (Lipinski definition) is 4. The van der Waals surface area contributed by atoms with E-state index in [1.807, 2.05) is 30.2 Å². The molecule has 0 spiro atoms. The van der Waals surface area contributed by atoms with Crippen LogP contribution >= 0.6 is 0 Å². The molecule has 0 amide bonds. The minimum atomic E-state index is 0.792. The van der Waals surface area contributed by atoms with E-state index in [0.717, 1.165) is 23.7 Å². The van der Waals surface area contributed by atoms with Crippen molar-refractivity contribution in [1.29, 1.82) is 0 Å². The quantitative estimate of drug-likeness (QED) is 0.855. The number of hydrazine groups is 1. The van der Waals surface area contributed by atoms with Gasteiger partial charge in [0.05, 0.1) is 12.7 Å². The molecule has 0 N–H and O–H groups in total. The van der Waals surface area contributed by atoms with Crippen molar-refractivity contribution >= 4 is 11.9 Å². The summed E-state index contributed by atoms with van der Waals surface area (Å²) >= 11 is 0. The Hall–Kier alpha value is -2.82. The normalized spacial score (nSPS) is 16.0. The van der Waals surface area contributed by atoms with Gasteiger partial charge in [0.2, 0.25) is 0 Å². The first kappa shape index (κ1) is 13.8. The molecule has 3 heterocycles. The van der Waals surface area contributed by atoms with E-state index < -0.39 is 0 Å². The average Bonchev–Trinajstić information content (AvgIpc) is 3.13. The third kappa shape index (κ3) is 2.25. The molecule has 23 heavy (non-hydrogen) atoms. The van der Waals surface area contributed by atoms with Crippen LogP contribution in [0.25, 0.3) is 11.3 Å². The molecule has 5 nitrogen and oxygen atoms in total. The molecule has 116 valence electrons. The SMILES string of the molecule is Cc1ccc(C)c(-c2nn(C)cc2N2CC=C3N=CC=CN32)c1. The van der Waals surface area contributed by atoms with Crippen LogP contribution < -0.4 is 5.01 Å². The molecule has 1 aromatic carbocycles. The van der Waals surface area contributed by atoms with Gasteiger partial charge in [-0.1, -0.05) is 17.7 Å². The largest absolute Gasteiger partial charge is 0.273 e. The molecule has 0 atom stereocenters. The van der Waals surface area contributed by atoms with Crippen molar-refractivity contribution in [1.82, 2.24) is 14.8 Å². The lowest BCUT2D eigenvalue weighted by molar-refractivity contribution is 0.462. The van der Waals surface area contributed by atoms with Crippen LogP contribution in [0.2, 0.25) is 0 Å². The van der Waals surface area contributed by atoms with Crippen LogP contribution in [0.3, 0.4) is 0 Å². The monoisotopic (exact) mass is 305 g/mol. The maximum Gasteiger partial charge on any atom is 0.149 e. The molecule has 0 aliphatic carbocycles. The van der Waals surface area contributed by atoms with Gasteiger partial charge in [-0.15, -0.1) is 0 Å². The molecule has 0 radical (unpaired) electrons. The van der Waals surface area contributed by atoms with Crippen molar-refractivity contribution in [3.8, 4) is 11.3 Å². The van der Waals surface area contributed by atoms with Gasteiger partial charge in [-0.25, -0.2) is 10.0 Å². The summed E-state index contributed by atoms with van der Waals surface area (Å²) in [6.07, 6.45) is 10.00. The van der Waals surface area contributed by atoms with Crippen LogP contribution in [0.5, 0.6) is 0 Å². The lowest BCUT2D eigenvalue weighted by atomic mass is 10.0. The summed E-state index contributed by atoms with van der Waals surface area (Å²) in [5.74, 6) is 0.961. The smallest absolute Gasteiger partial charge is 0.149 e. The molecule has 0 saturated carbocycles. The van der Waals surface area contributed by atoms with Crippen LogP contribution in [0.15, 0.2) is 53.6 Å². The summed E-state index contributed by atoms with van der Waals surface area (Å²) in [6.45, 7) is 5.04. The van der Waals surface area contributed by atoms with Crippen LogP contribution in [-0.4, -0.2) is 27.5 Å². The maximum absolute atomic E-state index is 4.73. The van der Waals surface area contributed by atoms with Crippen LogP contribution in [0.1, 0.15) is 11.1 Å². The number of nitrogens with zero attached hydrogens (tertiary/aromatic N) is 5. The van der Waals surface area contributed by atoms with Gasteiger partial charge in [0.25, 0.3) is 0 Å². The first-order chi connectivity index (χ1) is 11.1. The van der Waals surface area contributed by atoms with Gasteiger partial charge in [0.1, 0.15) is 17.2 Å². The van der Waals surface area contributed by atoms with Gasteiger partial charge in [0, 0.05) is 25.0 Å². The molecule has 0 unspecified atom stereocenters. The molecule has 0 fully saturated rings. The number of aryl methyl sites for hydroxylation is 3. The third-order valence-corrected chi connectivity index (χ3v) is 4.20. The Morgan fingerprint density at radius 2 is 2.04 bits per heavy atom. The Morgan fingerprint density at radius 1 is 1.17 bits per heavy atom. The second kappa shape index (κ2) is 5.12. The van der Waals surface area contributed by atoms with Crippen molar-refractivity contribution < 1.29 is 0 Å². The predicted octanol–water partition coefficient (Wildman–Crippen LogP) is 3.18. The third-order valence-electron chi connectivity index (χ3n) is 4.20. The standard InChI is InChI=1S/C18H19N5/c1-13-5-6-14(2)15(11-13)18-16(12-21(3)20-18)22-10-7-17-19-8-4-9-23(17)22/h4-9,11-12H,10H2,1-3H3. The Morgan fingerprint density at radius 3 is 2.91 bits per heavy atom. The van der Waals surface area contributed by atoms with Crippen LogP contribution in [-0.2, 0) is 7.05 Å². The topological polar surface area (TPSA) is 36.7 Å². The highest BCUT2D eigenvalue weighted by Crippen LogP contribution is 2.36. The predicted molar refractivity (Wildman–Crippen MR) is 93.0 cm³/mol. The highest BCUT2D eigenvalue weighted by Gasteiger charge is 2.27. The number of aromatic nitrogens is 2. The van der Waals surface area contributed by atoms with E-state index >= 15 is 0 Å². The molecule has 5 heteroatoms. The Labute approximate surface area is 135 Å². The number of aliphatic imine (C=N–C) groups is 1. The van der Waals surface area contributed by atoms with Gasteiger partial charge in [0.15, 0.2) is 0 Å². The highest BCUT2D eigenvalue weighted by molar-refractivity contribution is 5.79. The summed E-state index contributed by atoms with van der Waals surface area (Å²) in [4.78, 5) is 4.41. The van der Waals surface area contributed by atoms with Gasteiger partial charge in [-0.3, -0.25) is 9.69 Å². The van der Waals surface area contributed by atoms with Gasteiger partial charge in [-0.2, -0.15) is 5.10 Å². The maximum atomic E-state index is 4.73. The fraction of sp³-hybridized carbons (Fsp3) is 0.222. The summed E-state index contributed by atoms with van der Waals surface area (Å²) in [5.41, 5.74) is 5.75. The van der Waals surface area contributed by atoms with E-state index in [2.05, 4.69) is 59.3 Å². The molecular weight excluding hydrogens is 286 g/mol. The van der Waals surface area contributed by atoms with E-state index in [1.54, 1.807) is 0 Å². The molecule has 2 aliphatic rings. The zero-order chi connectivity index (χ0) is 16.0. The first-order valence-corrected chi connectivity index (χ1v) is 7.72. The van der Waals surface area contributed by atoms with Crippen molar-refractivity contribution in [2.45, 2.75) is 13.8 Å². The van der Waals surface area contributed by atoms with E-state index in [0.29, 0.717) is 0 Å². The lowest BCUT2D eigenvalue weighted by Crippen LogP contribution is -2.34. The minimum absolute atomic E-state index is 0.792. The summed E-state index contributed by atoms with van der Waals surface area (Å²) < 4.78 is 1.88. The summed E-state index contributed by atoms with van der Waals surface area (Å²) in [6, 6.07) is 6.50. The molecule has 4 rings (SSSR count). The molecule has 1 aromatic heterocycles. The average molecular weight is 305 g/mol. The zero-order valence-electron chi connectivity index (χ0n) is 13.6. The fourth-order valence-corrected chi connectivity index (χ4v) is 3.04. The van der Waals surface area contributed by atoms with E-state index in [-0.39, 0.29) is 0 Å². The highest BCUT2D eigenvalue weighted by atomic mass is 15.7. The lowest BCUT2D eigenvalue weighted by Gasteiger charge is -2.30.